The molecule has 0 aliphatic heterocycles. The first kappa shape index (κ1) is 15.8. The van der Waals surface area contributed by atoms with Crippen LogP contribution in [-0.4, -0.2) is 30.3 Å². The SMILES string of the molecule is Cc1ccc(OCCC(=O)NCC2CCC(O)C2)cc1C. The molecule has 2 rings (SSSR count). The number of rotatable bonds is 6. The van der Waals surface area contributed by atoms with Gasteiger partial charge in [0, 0.05) is 6.54 Å². The van der Waals surface area contributed by atoms with Crippen LogP contribution in [0.3, 0.4) is 0 Å². The van der Waals surface area contributed by atoms with Crippen LogP contribution >= 0.6 is 0 Å². The average Bonchev–Trinajstić information content (AvgIpc) is 2.86. The molecule has 4 nitrogen and oxygen atoms in total. The van der Waals surface area contributed by atoms with E-state index in [1.807, 2.05) is 25.1 Å². The van der Waals surface area contributed by atoms with Gasteiger partial charge in [-0.1, -0.05) is 6.07 Å². The van der Waals surface area contributed by atoms with Crippen molar-refractivity contribution in [2.24, 2.45) is 5.92 Å². The zero-order valence-corrected chi connectivity index (χ0v) is 12.9. The maximum absolute atomic E-state index is 11.7. The first-order valence-electron chi connectivity index (χ1n) is 7.69. The molecule has 2 unspecified atom stereocenters. The molecule has 0 aromatic heterocycles. The Balaban J connectivity index is 1.63. The Kier molecular flexibility index (Phi) is 5.62. The van der Waals surface area contributed by atoms with E-state index in [4.69, 9.17) is 4.74 Å². The molecule has 1 saturated carbocycles. The number of nitrogens with one attached hydrogen (secondary N) is 1. The molecular formula is C17H25NO3. The highest BCUT2D eigenvalue weighted by Crippen LogP contribution is 2.24. The monoisotopic (exact) mass is 291 g/mol. The van der Waals surface area contributed by atoms with Crippen molar-refractivity contribution in [2.45, 2.75) is 45.6 Å². The van der Waals surface area contributed by atoms with E-state index < -0.39 is 0 Å². The van der Waals surface area contributed by atoms with Gasteiger partial charge in [0.1, 0.15) is 5.75 Å². The summed E-state index contributed by atoms with van der Waals surface area (Å²) in [6.45, 7) is 5.17. The van der Waals surface area contributed by atoms with Crippen molar-refractivity contribution in [3.8, 4) is 5.75 Å². The molecule has 1 aliphatic rings. The fraction of sp³-hybridized carbons (Fsp3) is 0.588. The van der Waals surface area contributed by atoms with Gasteiger partial charge in [0.05, 0.1) is 19.1 Å². The number of aliphatic hydroxyl groups is 1. The third-order valence-electron chi connectivity index (χ3n) is 4.18. The second-order valence-electron chi connectivity index (χ2n) is 5.98. The highest BCUT2D eigenvalue weighted by atomic mass is 16.5. The minimum Gasteiger partial charge on any atom is -0.493 e. The predicted molar refractivity (Wildman–Crippen MR) is 82.4 cm³/mol. The molecule has 1 fully saturated rings. The van der Waals surface area contributed by atoms with E-state index >= 15 is 0 Å². The van der Waals surface area contributed by atoms with Crippen molar-refractivity contribution in [2.75, 3.05) is 13.2 Å². The molecule has 2 atom stereocenters. The Labute approximate surface area is 126 Å². The number of aliphatic hydroxyl groups excluding tert-OH is 1. The summed E-state index contributed by atoms with van der Waals surface area (Å²) in [6, 6.07) is 5.95. The zero-order chi connectivity index (χ0) is 15.2. The third kappa shape index (κ3) is 5.05. The molecular weight excluding hydrogens is 266 g/mol. The minimum atomic E-state index is -0.181. The summed E-state index contributed by atoms with van der Waals surface area (Å²) in [5, 5.41) is 12.4. The van der Waals surface area contributed by atoms with Gasteiger partial charge in [-0.05, 0) is 62.3 Å². The number of hydrogen-bond acceptors (Lipinski definition) is 3. The predicted octanol–water partition coefficient (Wildman–Crippen LogP) is 2.35. The summed E-state index contributed by atoms with van der Waals surface area (Å²) in [5.74, 6) is 1.25. The summed E-state index contributed by atoms with van der Waals surface area (Å²) in [5.41, 5.74) is 2.43. The number of amides is 1. The lowest BCUT2D eigenvalue weighted by molar-refractivity contribution is -0.121. The molecule has 21 heavy (non-hydrogen) atoms. The van der Waals surface area contributed by atoms with Gasteiger partial charge in [-0.2, -0.15) is 0 Å². The fourth-order valence-corrected chi connectivity index (χ4v) is 2.65. The number of ether oxygens (including phenoxy) is 1. The summed E-state index contributed by atoms with van der Waals surface area (Å²) in [4.78, 5) is 11.7. The van der Waals surface area contributed by atoms with Gasteiger partial charge in [0.15, 0.2) is 0 Å². The quantitative estimate of drug-likeness (QED) is 0.846. The normalized spacial score (nSPS) is 21.3. The Morgan fingerprint density at radius 1 is 1.33 bits per heavy atom. The molecule has 4 heteroatoms. The lowest BCUT2D eigenvalue weighted by Crippen LogP contribution is -2.29. The van der Waals surface area contributed by atoms with Crippen LogP contribution in [0.15, 0.2) is 18.2 Å². The van der Waals surface area contributed by atoms with E-state index in [9.17, 15) is 9.90 Å². The largest absolute Gasteiger partial charge is 0.493 e. The van der Waals surface area contributed by atoms with E-state index in [1.165, 1.54) is 11.1 Å². The number of benzene rings is 1. The Bertz CT molecular complexity index is 487. The maximum Gasteiger partial charge on any atom is 0.223 e. The van der Waals surface area contributed by atoms with Crippen LogP contribution in [0.2, 0.25) is 0 Å². The number of carbonyl (C=O) groups excluding carboxylic acids is 1. The van der Waals surface area contributed by atoms with Gasteiger partial charge in [0.2, 0.25) is 5.91 Å². The summed E-state index contributed by atoms with van der Waals surface area (Å²) >= 11 is 0. The highest BCUT2D eigenvalue weighted by Gasteiger charge is 2.22. The Morgan fingerprint density at radius 3 is 2.81 bits per heavy atom. The second-order valence-corrected chi connectivity index (χ2v) is 5.98. The van der Waals surface area contributed by atoms with E-state index in [1.54, 1.807) is 0 Å². The molecule has 1 aromatic carbocycles. The highest BCUT2D eigenvalue weighted by molar-refractivity contribution is 5.75. The topological polar surface area (TPSA) is 58.6 Å². The lowest BCUT2D eigenvalue weighted by atomic mass is 10.1. The van der Waals surface area contributed by atoms with Crippen LogP contribution in [0.1, 0.15) is 36.8 Å². The minimum absolute atomic E-state index is 0.0141. The van der Waals surface area contributed by atoms with Crippen molar-refractivity contribution in [1.82, 2.24) is 5.32 Å². The van der Waals surface area contributed by atoms with Crippen LogP contribution in [0.4, 0.5) is 0 Å². The first-order chi connectivity index (χ1) is 10.0. The molecule has 0 bridgehead atoms. The van der Waals surface area contributed by atoms with Crippen LogP contribution in [0, 0.1) is 19.8 Å². The molecule has 116 valence electrons. The average molecular weight is 291 g/mol. The van der Waals surface area contributed by atoms with Gasteiger partial charge in [0.25, 0.3) is 0 Å². The standard InChI is InChI=1S/C17H25NO3/c1-12-3-6-16(9-13(12)2)21-8-7-17(20)18-11-14-4-5-15(19)10-14/h3,6,9,14-15,19H,4-5,7-8,10-11H2,1-2H3,(H,18,20). The Hall–Kier alpha value is -1.55. The van der Waals surface area contributed by atoms with E-state index in [0.717, 1.165) is 25.0 Å². The molecule has 1 amide bonds. The van der Waals surface area contributed by atoms with Crippen LogP contribution in [-0.2, 0) is 4.79 Å². The number of hydrogen-bond donors (Lipinski definition) is 2. The molecule has 0 saturated heterocycles. The van der Waals surface area contributed by atoms with Crippen LogP contribution in [0.5, 0.6) is 5.75 Å². The zero-order valence-electron chi connectivity index (χ0n) is 12.9. The number of carbonyl (C=O) groups is 1. The van der Waals surface area contributed by atoms with Gasteiger partial charge in [-0.15, -0.1) is 0 Å². The van der Waals surface area contributed by atoms with Gasteiger partial charge in [-0.25, -0.2) is 0 Å². The summed E-state index contributed by atoms with van der Waals surface area (Å²) < 4.78 is 5.60. The van der Waals surface area contributed by atoms with Crippen molar-refractivity contribution < 1.29 is 14.6 Å². The second kappa shape index (κ2) is 7.46. The molecule has 2 N–H and O–H groups in total. The fourth-order valence-electron chi connectivity index (χ4n) is 2.65. The number of aryl methyl sites for hydroxylation is 2. The first-order valence-corrected chi connectivity index (χ1v) is 7.69. The van der Waals surface area contributed by atoms with Crippen molar-refractivity contribution >= 4 is 5.91 Å². The summed E-state index contributed by atoms with van der Waals surface area (Å²) in [7, 11) is 0. The summed E-state index contributed by atoms with van der Waals surface area (Å²) in [6.07, 6.45) is 2.85. The molecule has 1 aliphatic carbocycles. The molecule has 0 spiro atoms. The van der Waals surface area contributed by atoms with Crippen LogP contribution < -0.4 is 10.1 Å². The van der Waals surface area contributed by atoms with Crippen molar-refractivity contribution in [1.29, 1.82) is 0 Å². The molecule has 0 heterocycles. The molecule has 0 radical (unpaired) electrons. The third-order valence-corrected chi connectivity index (χ3v) is 4.18. The maximum atomic E-state index is 11.7. The van der Waals surface area contributed by atoms with Gasteiger partial charge < -0.3 is 15.2 Å². The smallest absolute Gasteiger partial charge is 0.223 e. The van der Waals surface area contributed by atoms with E-state index in [-0.39, 0.29) is 12.0 Å². The van der Waals surface area contributed by atoms with Crippen molar-refractivity contribution in [3.63, 3.8) is 0 Å². The Morgan fingerprint density at radius 2 is 2.14 bits per heavy atom. The van der Waals surface area contributed by atoms with Crippen molar-refractivity contribution in [3.05, 3.63) is 29.3 Å². The lowest BCUT2D eigenvalue weighted by Gasteiger charge is -2.11. The molecule has 1 aromatic rings. The van der Waals surface area contributed by atoms with E-state index in [0.29, 0.717) is 25.5 Å². The van der Waals surface area contributed by atoms with Gasteiger partial charge in [-0.3, -0.25) is 4.79 Å². The van der Waals surface area contributed by atoms with Gasteiger partial charge >= 0.3 is 0 Å². The van der Waals surface area contributed by atoms with E-state index in [2.05, 4.69) is 12.2 Å². The van der Waals surface area contributed by atoms with Crippen LogP contribution in [0.25, 0.3) is 0 Å².